The summed E-state index contributed by atoms with van der Waals surface area (Å²) < 4.78 is 9.19. The van der Waals surface area contributed by atoms with Gasteiger partial charge in [-0.15, -0.1) is 10.2 Å². The second-order valence-electron chi connectivity index (χ2n) is 8.17. The van der Waals surface area contributed by atoms with E-state index < -0.39 is 0 Å². The van der Waals surface area contributed by atoms with E-state index in [-0.39, 0.29) is 5.56 Å². The smallest absolute Gasteiger partial charge is 0.267 e. The van der Waals surface area contributed by atoms with E-state index in [1.807, 2.05) is 66.8 Å². The second-order valence-corrected chi connectivity index (χ2v) is 9.11. The Bertz CT molecular complexity index is 1570. The van der Waals surface area contributed by atoms with Gasteiger partial charge in [-0.05, 0) is 50.6 Å². The van der Waals surface area contributed by atoms with Crippen molar-refractivity contribution in [1.29, 1.82) is 0 Å². The highest BCUT2D eigenvalue weighted by molar-refractivity contribution is 7.98. The topological polar surface area (TPSA) is 61.4 Å². The molecule has 7 heteroatoms. The molecule has 0 radical (unpaired) electrons. The minimum absolute atomic E-state index is 0.102. The molecule has 0 aliphatic carbocycles. The van der Waals surface area contributed by atoms with Crippen molar-refractivity contribution in [2.45, 2.75) is 31.7 Å². The third-order valence-electron chi connectivity index (χ3n) is 5.78. The first kappa shape index (κ1) is 21.3. The van der Waals surface area contributed by atoms with Gasteiger partial charge in [0.15, 0.2) is 5.16 Å². The van der Waals surface area contributed by atoms with E-state index in [0.717, 1.165) is 38.8 Å². The third kappa shape index (κ3) is 3.68. The molecule has 0 fully saturated rings. The van der Waals surface area contributed by atoms with Crippen molar-refractivity contribution in [3.63, 3.8) is 0 Å². The molecule has 0 N–H and O–H groups in total. The second kappa shape index (κ2) is 8.41. The number of hydrogen-bond donors (Lipinski definition) is 0. The van der Waals surface area contributed by atoms with Crippen molar-refractivity contribution in [1.82, 2.24) is 19.2 Å². The van der Waals surface area contributed by atoms with E-state index in [4.69, 9.17) is 4.74 Å². The van der Waals surface area contributed by atoms with E-state index in [2.05, 4.69) is 29.3 Å². The van der Waals surface area contributed by atoms with Crippen LogP contribution in [0.5, 0.6) is 5.75 Å². The Morgan fingerprint density at radius 2 is 1.70 bits per heavy atom. The summed E-state index contributed by atoms with van der Waals surface area (Å²) in [5, 5.41) is 10.3. The molecule has 0 unspecified atom stereocenters. The van der Waals surface area contributed by atoms with Crippen molar-refractivity contribution < 1.29 is 4.74 Å². The molecule has 3 aromatic carbocycles. The van der Waals surface area contributed by atoms with Crippen LogP contribution in [0.4, 0.5) is 0 Å². The van der Waals surface area contributed by atoms with E-state index in [9.17, 15) is 4.79 Å². The minimum Gasteiger partial charge on any atom is -0.496 e. The largest absolute Gasteiger partial charge is 0.496 e. The number of aryl methyl sites for hydroxylation is 3. The fraction of sp³-hybridized carbons (Fsp3) is 0.192. The number of benzene rings is 3. The Balaban J connectivity index is 1.71. The van der Waals surface area contributed by atoms with Crippen molar-refractivity contribution in [2.75, 3.05) is 7.11 Å². The molecule has 2 aromatic heterocycles. The maximum atomic E-state index is 13.5. The first-order chi connectivity index (χ1) is 16.0. The van der Waals surface area contributed by atoms with Crippen LogP contribution in [0.25, 0.3) is 22.4 Å². The summed E-state index contributed by atoms with van der Waals surface area (Å²) in [5.74, 6) is 2.02. The molecule has 0 atom stereocenters. The first-order valence-electron chi connectivity index (χ1n) is 10.7. The summed E-state index contributed by atoms with van der Waals surface area (Å²) in [6.45, 7) is 6.12. The SMILES string of the molecule is COc1ccc(C)cc1CSc1nnc2n(-c3ccc(C)cc3C)c(=O)c3ccccc3n12. The van der Waals surface area contributed by atoms with Gasteiger partial charge >= 0.3 is 0 Å². The number of nitrogens with zero attached hydrogens (tertiary/aromatic N) is 4. The molecular weight excluding hydrogens is 432 g/mol. The number of fused-ring (bicyclic) bond motifs is 3. The van der Waals surface area contributed by atoms with Gasteiger partial charge in [0.05, 0.1) is 23.7 Å². The zero-order valence-electron chi connectivity index (χ0n) is 19.0. The molecule has 0 saturated heterocycles. The summed E-state index contributed by atoms with van der Waals surface area (Å²) in [6.07, 6.45) is 0. The number of rotatable bonds is 5. The average molecular weight is 457 g/mol. The quantitative estimate of drug-likeness (QED) is 0.338. The van der Waals surface area contributed by atoms with Crippen LogP contribution in [0.3, 0.4) is 0 Å². The maximum Gasteiger partial charge on any atom is 0.267 e. The third-order valence-corrected chi connectivity index (χ3v) is 6.76. The summed E-state index contributed by atoms with van der Waals surface area (Å²) in [4.78, 5) is 13.5. The van der Waals surface area contributed by atoms with Crippen LogP contribution in [0.2, 0.25) is 0 Å². The molecule has 5 aromatic rings. The summed E-state index contributed by atoms with van der Waals surface area (Å²) >= 11 is 1.57. The monoisotopic (exact) mass is 456 g/mol. The van der Waals surface area contributed by atoms with Gasteiger partial charge in [-0.1, -0.05) is 59.3 Å². The van der Waals surface area contributed by atoms with Crippen molar-refractivity contribution in [2.24, 2.45) is 0 Å². The van der Waals surface area contributed by atoms with Crippen molar-refractivity contribution in [3.05, 3.63) is 93.3 Å². The predicted molar refractivity (Wildman–Crippen MR) is 133 cm³/mol. The van der Waals surface area contributed by atoms with Gasteiger partial charge in [0, 0.05) is 11.3 Å². The lowest BCUT2D eigenvalue weighted by Crippen LogP contribution is -2.22. The normalized spacial score (nSPS) is 11.4. The van der Waals surface area contributed by atoms with Crippen molar-refractivity contribution in [3.8, 4) is 11.4 Å². The number of hydrogen-bond acceptors (Lipinski definition) is 5. The molecule has 0 bridgehead atoms. The molecule has 6 nitrogen and oxygen atoms in total. The number of thioether (sulfide) groups is 1. The summed E-state index contributed by atoms with van der Waals surface area (Å²) in [7, 11) is 1.68. The predicted octanol–water partition coefficient (Wildman–Crippen LogP) is 5.26. The van der Waals surface area contributed by atoms with E-state index in [1.54, 1.807) is 23.4 Å². The lowest BCUT2D eigenvalue weighted by Gasteiger charge is -2.14. The molecule has 0 aliphatic heterocycles. The van der Waals surface area contributed by atoms with Gasteiger partial charge in [0.25, 0.3) is 5.56 Å². The summed E-state index contributed by atoms with van der Waals surface area (Å²) in [5.41, 5.74) is 5.92. The number of ether oxygens (including phenoxy) is 1. The van der Waals surface area contributed by atoms with E-state index >= 15 is 0 Å². The Morgan fingerprint density at radius 1 is 0.939 bits per heavy atom. The highest BCUT2D eigenvalue weighted by Crippen LogP contribution is 2.30. The molecular formula is C26H24N4O2S. The van der Waals surface area contributed by atoms with Gasteiger partial charge < -0.3 is 4.74 Å². The molecule has 5 rings (SSSR count). The standard InChI is InChI=1S/C26H24N4O2S/c1-16-9-11-21(18(3)13-16)29-24(31)20-7-5-6-8-22(20)30-25(29)27-28-26(30)33-15-19-14-17(2)10-12-23(19)32-4/h5-14H,15H2,1-4H3. The van der Waals surface area contributed by atoms with Crippen LogP contribution in [-0.2, 0) is 5.75 Å². The van der Waals surface area contributed by atoms with Crippen LogP contribution in [0.15, 0.2) is 70.6 Å². The van der Waals surface area contributed by atoms with Crippen LogP contribution >= 0.6 is 11.8 Å². The molecule has 166 valence electrons. The van der Waals surface area contributed by atoms with Crippen LogP contribution in [-0.4, -0.2) is 26.3 Å². The fourth-order valence-electron chi connectivity index (χ4n) is 4.21. The van der Waals surface area contributed by atoms with Crippen LogP contribution < -0.4 is 10.3 Å². The van der Waals surface area contributed by atoms with E-state index in [0.29, 0.717) is 16.9 Å². The van der Waals surface area contributed by atoms with Gasteiger partial charge in [-0.3, -0.25) is 9.20 Å². The highest BCUT2D eigenvalue weighted by atomic mass is 32.2. The first-order valence-corrected chi connectivity index (χ1v) is 11.7. The lowest BCUT2D eigenvalue weighted by atomic mass is 10.1. The molecule has 0 aliphatic rings. The number of aromatic nitrogens is 4. The van der Waals surface area contributed by atoms with Gasteiger partial charge in [-0.25, -0.2) is 4.57 Å². The Kier molecular flexibility index (Phi) is 5.42. The van der Waals surface area contributed by atoms with Crippen molar-refractivity contribution >= 4 is 28.4 Å². The molecule has 0 saturated carbocycles. The molecule has 33 heavy (non-hydrogen) atoms. The Morgan fingerprint density at radius 3 is 2.48 bits per heavy atom. The minimum atomic E-state index is -0.102. The molecule has 0 spiro atoms. The van der Waals surface area contributed by atoms with E-state index in [1.165, 1.54) is 5.56 Å². The van der Waals surface area contributed by atoms with Gasteiger partial charge in [0.1, 0.15) is 5.75 Å². The molecule has 2 heterocycles. The van der Waals surface area contributed by atoms with Gasteiger partial charge in [-0.2, -0.15) is 0 Å². The zero-order chi connectivity index (χ0) is 23.1. The maximum absolute atomic E-state index is 13.5. The van der Waals surface area contributed by atoms with Gasteiger partial charge in [0.2, 0.25) is 5.78 Å². The molecule has 0 amide bonds. The summed E-state index contributed by atoms with van der Waals surface area (Å²) in [6, 6.07) is 19.8. The Labute approximate surface area is 195 Å². The Hall–Kier alpha value is -3.58. The lowest BCUT2D eigenvalue weighted by molar-refractivity contribution is 0.411. The fourth-order valence-corrected chi connectivity index (χ4v) is 5.13. The van der Waals surface area contributed by atoms with Crippen LogP contribution in [0.1, 0.15) is 22.3 Å². The highest BCUT2D eigenvalue weighted by Gasteiger charge is 2.19. The average Bonchev–Trinajstić information content (AvgIpc) is 3.23. The number of para-hydroxylation sites is 1. The van der Waals surface area contributed by atoms with Crippen LogP contribution in [0, 0.1) is 20.8 Å². The zero-order valence-corrected chi connectivity index (χ0v) is 19.8. The number of methoxy groups -OCH3 is 1.